The largest absolute Gasteiger partial charge is 0.493 e. The van der Waals surface area contributed by atoms with Gasteiger partial charge in [0.1, 0.15) is 10.4 Å². The first-order valence-electron chi connectivity index (χ1n) is 10.8. The number of hydrogen-bond acceptors (Lipinski definition) is 6. The number of nitrogens with one attached hydrogen (secondary N) is 2. The van der Waals surface area contributed by atoms with E-state index in [1.54, 1.807) is 36.5 Å². The lowest BCUT2D eigenvalue weighted by atomic mass is 9.82. The van der Waals surface area contributed by atoms with Gasteiger partial charge in [0.2, 0.25) is 15.9 Å². The summed E-state index contributed by atoms with van der Waals surface area (Å²) in [7, 11) is -0.980. The Kier molecular flexibility index (Phi) is 6.53. The van der Waals surface area contributed by atoms with Crippen molar-refractivity contribution in [2.45, 2.75) is 42.5 Å². The molecular weight excluding hydrogens is 442 g/mol. The van der Waals surface area contributed by atoms with Crippen molar-refractivity contribution in [2.75, 3.05) is 19.5 Å². The zero-order valence-corrected chi connectivity index (χ0v) is 19.4. The number of ether oxygens (including phenoxy) is 2. The molecule has 9 heteroatoms. The highest BCUT2D eigenvalue weighted by Gasteiger charge is 2.43. The Hall–Kier alpha value is -3.17. The Morgan fingerprint density at radius 1 is 0.970 bits per heavy atom. The summed E-state index contributed by atoms with van der Waals surface area (Å²) in [5.41, 5.74) is -0.395. The quantitative estimate of drug-likeness (QED) is 0.544. The van der Waals surface area contributed by atoms with Crippen LogP contribution in [0.1, 0.15) is 32.1 Å². The molecule has 1 fully saturated rings. The van der Waals surface area contributed by atoms with Crippen molar-refractivity contribution < 1.29 is 22.7 Å². The molecule has 1 aliphatic carbocycles. The highest BCUT2D eigenvalue weighted by atomic mass is 32.2. The SMILES string of the molecule is COc1ccc(NC(=O)C2(NS(=O)(=O)c3cccc4cccnc34)CCCCC2)cc1OC. The van der Waals surface area contributed by atoms with Crippen molar-refractivity contribution >= 4 is 32.5 Å². The Balaban J connectivity index is 1.67. The minimum atomic E-state index is -4.02. The average Bonchev–Trinajstić information content (AvgIpc) is 2.83. The molecular formula is C24H27N3O5S. The number of hydrogen-bond donors (Lipinski definition) is 2. The first-order chi connectivity index (χ1) is 15.9. The molecule has 33 heavy (non-hydrogen) atoms. The Bertz CT molecular complexity index is 1260. The van der Waals surface area contributed by atoms with E-state index in [-0.39, 0.29) is 4.90 Å². The maximum Gasteiger partial charge on any atom is 0.245 e. The van der Waals surface area contributed by atoms with E-state index in [0.717, 1.165) is 19.3 Å². The lowest BCUT2D eigenvalue weighted by Gasteiger charge is -2.36. The second-order valence-electron chi connectivity index (χ2n) is 8.10. The second kappa shape index (κ2) is 9.36. The molecule has 2 aromatic carbocycles. The van der Waals surface area contributed by atoms with Crippen LogP contribution in [-0.2, 0) is 14.8 Å². The zero-order chi connectivity index (χ0) is 23.5. The first kappa shape index (κ1) is 23.0. The molecule has 1 aromatic heterocycles. The number of pyridine rings is 1. The van der Waals surface area contributed by atoms with E-state index in [9.17, 15) is 13.2 Å². The van der Waals surface area contributed by atoms with Gasteiger partial charge in [-0.2, -0.15) is 4.72 Å². The highest BCUT2D eigenvalue weighted by Crippen LogP contribution is 2.34. The number of anilines is 1. The van der Waals surface area contributed by atoms with Gasteiger partial charge in [0.05, 0.1) is 19.7 Å². The Morgan fingerprint density at radius 3 is 2.42 bits per heavy atom. The van der Waals surface area contributed by atoms with E-state index >= 15 is 0 Å². The third-order valence-electron chi connectivity index (χ3n) is 6.00. The number of para-hydroxylation sites is 1. The topological polar surface area (TPSA) is 107 Å². The van der Waals surface area contributed by atoms with Crippen LogP contribution in [0.15, 0.2) is 59.6 Å². The van der Waals surface area contributed by atoms with Crippen LogP contribution in [0.3, 0.4) is 0 Å². The second-order valence-corrected chi connectivity index (χ2v) is 9.75. The van der Waals surface area contributed by atoms with E-state index in [4.69, 9.17) is 9.47 Å². The van der Waals surface area contributed by atoms with Crippen LogP contribution >= 0.6 is 0 Å². The molecule has 0 saturated heterocycles. The van der Waals surface area contributed by atoms with E-state index in [1.807, 2.05) is 12.1 Å². The molecule has 4 rings (SSSR count). The third-order valence-corrected chi connectivity index (χ3v) is 7.57. The van der Waals surface area contributed by atoms with Gasteiger partial charge >= 0.3 is 0 Å². The number of fused-ring (bicyclic) bond motifs is 1. The average molecular weight is 470 g/mol. The molecule has 1 aliphatic rings. The van der Waals surface area contributed by atoms with Crippen molar-refractivity contribution in [3.05, 3.63) is 54.7 Å². The smallest absolute Gasteiger partial charge is 0.245 e. The molecule has 0 spiro atoms. The molecule has 174 valence electrons. The number of carbonyl (C=O) groups is 1. The van der Waals surface area contributed by atoms with E-state index in [0.29, 0.717) is 40.9 Å². The summed E-state index contributed by atoms with van der Waals surface area (Å²) in [6.45, 7) is 0. The number of nitrogens with zero attached hydrogens (tertiary/aromatic N) is 1. The van der Waals surface area contributed by atoms with Crippen LogP contribution in [0, 0.1) is 0 Å². The van der Waals surface area contributed by atoms with Crippen molar-refractivity contribution in [1.29, 1.82) is 0 Å². The number of sulfonamides is 1. The van der Waals surface area contributed by atoms with Crippen LogP contribution < -0.4 is 19.5 Å². The van der Waals surface area contributed by atoms with E-state index < -0.39 is 21.5 Å². The molecule has 1 heterocycles. The van der Waals surface area contributed by atoms with Gasteiger partial charge in [-0.05, 0) is 37.1 Å². The fourth-order valence-corrected chi connectivity index (χ4v) is 5.90. The number of rotatable bonds is 7. The molecule has 0 aliphatic heterocycles. The van der Waals surface area contributed by atoms with Crippen LogP contribution in [0.25, 0.3) is 10.9 Å². The van der Waals surface area contributed by atoms with E-state index in [1.165, 1.54) is 20.3 Å². The normalized spacial score (nSPS) is 15.7. The molecule has 1 amide bonds. The summed E-state index contributed by atoms with van der Waals surface area (Å²) < 4.78 is 40.3. The maximum absolute atomic E-state index is 13.5. The molecule has 0 bridgehead atoms. The number of amides is 1. The van der Waals surface area contributed by atoms with Crippen LogP contribution in [0.5, 0.6) is 11.5 Å². The lowest BCUT2D eigenvalue weighted by molar-refractivity contribution is -0.122. The molecule has 1 saturated carbocycles. The first-order valence-corrected chi connectivity index (χ1v) is 12.3. The fourth-order valence-electron chi connectivity index (χ4n) is 4.30. The molecule has 0 unspecified atom stereocenters. The molecule has 8 nitrogen and oxygen atoms in total. The van der Waals surface area contributed by atoms with Crippen molar-refractivity contribution in [3.8, 4) is 11.5 Å². The van der Waals surface area contributed by atoms with Crippen LogP contribution in [0.4, 0.5) is 5.69 Å². The summed E-state index contributed by atoms with van der Waals surface area (Å²) in [6, 6.07) is 13.6. The minimum absolute atomic E-state index is 0.0597. The molecule has 0 atom stereocenters. The summed E-state index contributed by atoms with van der Waals surface area (Å²) in [4.78, 5) is 17.8. The van der Waals surface area contributed by atoms with Gasteiger partial charge in [0.15, 0.2) is 11.5 Å². The minimum Gasteiger partial charge on any atom is -0.493 e. The van der Waals surface area contributed by atoms with Gasteiger partial charge < -0.3 is 14.8 Å². The standard InChI is InChI=1S/C24H27N3O5S/c1-31-19-12-11-18(16-20(19)32-2)26-23(28)24(13-4-3-5-14-24)27-33(29,30)21-10-6-8-17-9-7-15-25-22(17)21/h6-12,15-16,27H,3-5,13-14H2,1-2H3,(H,26,28). The Morgan fingerprint density at radius 2 is 1.70 bits per heavy atom. The summed E-state index contributed by atoms with van der Waals surface area (Å²) in [5, 5.41) is 3.59. The van der Waals surface area contributed by atoms with Gasteiger partial charge in [-0.15, -0.1) is 0 Å². The van der Waals surface area contributed by atoms with Gasteiger partial charge in [-0.3, -0.25) is 9.78 Å². The monoisotopic (exact) mass is 469 g/mol. The molecule has 0 radical (unpaired) electrons. The molecule has 3 aromatic rings. The van der Waals surface area contributed by atoms with Crippen molar-refractivity contribution in [1.82, 2.24) is 9.71 Å². The molecule has 2 N–H and O–H groups in total. The Labute approximate surface area is 193 Å². The van der Waals surface area contributed by atoms with E-state index in [2.05, 4.69) is 15.0 Å². The maximum atomic E-state index is 13.5. The highest BCUT2D eigenvalue weighted by molar-refractivity contribution is 7.89. The number of benzene rings is 2. The number of carbonyl (C=O) groups excluding carboxylic acids is 1. The number of aromatic nitrogens is 1. The van der Waals surface area contributed by atoms with Crippen molar-refractivity contribution in [2.24, 2.45) is 0 Å². The van der Waals surface area contributed by atoms with Gasteiger partial charge in [-0.1, -0.05) is 37.5 Å². The fraction of sp³-hybridized carbons (Fsp3) is 0.333. The van der Waals surface area contributed by atoms with Crippen LogP contribution in [0.2, 0.25) is 0 Å². The lowest BCUT2D eigenvalue weighted by Crippen LogP contribution is -2.57. The van der Waals surface area contributed by atoms with Gasteiger partial charge in [0.25, 0.3) is 0 Å². The zero-order valence-electron chi connectivity index (χ0n) is 18.6. The summed E-state index contributed by atoms with van der Waals surface area (Å²) in [5.74, 6) is 0.605. The third kappa shape index (κ3) is 4.65. The van der Waals surface area contributed by atoms with Crippen LogP contribution in [-0.4, -0.2) is 39.1 Å². The van der Waals surface area contributed by atoms with Gasteiger partial charge in [-0.25, -0.2) is 8.42 Å². The van der Waals surface area contributed by atoms with Gasteiger partial charge in [0, 0.05) is 23.3 Å². The van der Waals surface area contributed by atoms with Crippen molar-refractivity contribution in [3.63, 3.8) is 0 Å². The summed E-state index contributed by atoms with van der Waals surface area (Å²) >= 11 is 0. The number of methoxy groups -OCH3 is 2. The predicted molar refractivity (Wildman–Crippen MR) is 126 cm³/mol. The predicted octanol–water partition coefficient (Wildman–Crippen LogP) is 3.87. The summed E-state index contributed by atoms with van der Waals surface area (Å²) in [6.07, 6.45) is 4.81.